The molecule has 0 saturated carbocycles. The van der Waals surface area contributed by atoms with Crippen molar-refractivity contribution in [2.75, 3.05) is 18.0 Å². The maximum atomic E-state index is 13.2. The van der Waals surface area contributed by atoms with Gasteiger partial charge in [-0.25, -0.2) is 9.18 Å². The summed E-state index contributed by atoms with van der Waals surface area (Å²) in [6.45, 7) is 4.68. The Morgan fingerprint density at radius 2 is 2.05 bits per heavy atom. The Labute approximate surface area is 120 Å². The average Bonchev–Trinajstić information content (AvgIpc) is 2.80. The molecule has 2 atom stereocenters. The molecule has 0 unspecified atom stereocenters. The molecule has 1 N–H and O–H groups in total. The Hall–Kier alpha value is -2.31. The van der Waals surface area contributed by atoms with Crippen LogP contribution in [0.1, 0.15) is 13.8 Å². The van der Waals surface area contributed by atoms with Crippen molar-refractivity contribution in [3.8, 4) is 0 Å². The summed E-state index contributed by atoms with van der Waals surface area (Å²) in [6.07, 6.45) is -0.922. The fraction of sp³-hybridized carbons (Fsp3) is 0.429. The van der Waals surface area contributed by atoms with Crippen LogP contribution in [0.2, 0.25) is 0 Å². The maximum Gasteiger partial charge on any atom is 0.407 e. The summed E-state index contributed by atoms with van der Waals surface area (Å²) in [5, 5.41) is 9.21. The van der Waals surface area contributed by atoms with Crippen LogP contribution >= 0.6 is 0 Å². The molecule has 0 aliphatic carbocycles. The number of hydrogen-bond donors (Lipinski definition) is 1. The molecule has 2 heterocycles. The molecule has 2 aromatic rings. The first-order chi connectivity index (χ1) is 9.95. The molecule has 6 nitrogen and oxygen atoms in total. The van der Waals surface area contributed by atoms with Crippen molar-refractivity contribution < 1.29 is 18.7 Å². The molecule has 1 fully saturated rings. The quantitative estimate of drug-likeness (QED) is 0.875. The zero-order valence-electron chi connectivity index (χ0n) is 11.8. The average molecular weight is 293 g/mol. The summed E-state index contributed by atoms with van der Waals surface area (Å²) in [5.74, 6) is -0.361. The summed E-state index contributed by atoms with van der Waals surface area (Å²) >= 11 is 0. The predicted octanol–water partition coefficient (Wildman–Crippen LogP) is 2.54. The van der Waals surface area contributed by atoms with Crippen LogP contribution in [0.4, 0.5) is 15.2 Å². The van der Waals surface area contributed by atoms with Crippen LogP contribution in [0, 0.1) is 5.82 Å². The first kappa shape index (κ1) is 13.7. The molecule has 1 saturated heterocycles. The summed E-state index contributed by atoms with van der Waals surface area (Å²) in [7, 11) is 0. The Morgan fingerprint density at radius 1 is 1.38 bits per heavy atom. The molecule has 0 bridgehead atoms. The van der Waals surface area contributed by atoms with Crippen molar-refractivity contribution in [2.24, 2.45) is 0 Å². The molecular formula is C14H16FN3O3. The number of carboxylic acid groups (broad SMARTS) is 1. The highest BCUT2D eigenvalue weighted by molar-refractivity contribution is 5.74. The van der Waals surface area contributed by atoms with Crippen LogP contribution in [-0.4, -0.2) is 46.3 Å². The van der Waals surface area contributed by atoms with E-state index in [4.69, 9.17) is 4.42 Å². The smallest absolute Gasteiger partial charge is 0.407 e. The van der Waals surface area contributed by atoms with Crippen molar-refractivity contribution in [3.05, 3.63) is 24.0 Å². The van der Waals surface area contributed by atoms with Crippen molar-refractivity contribution in [2.45, 2.75) is 25.9 Å². The minimum absolute atomic E-state index is 0.169. The highest BCUT2D eigenvalue weighted by atomic mass is 19.1. The second kappa shape index (κ2) is 4.91. The van der Waals surface area contributed by atoms with Crippen LogP contribution in [0.25, 0.3) is 11.1 Å². The van der Waals surface area contributed by atoms with Gasteiger partial charge in [0.05, 0.1) is 12.1 Å². The number of halogens is 1. The Morgan fingerprint density at radius 3 is 2.67 bits per heavy atom. The molecule has 1 aromatic carbocycles. The van der Waals surface area contributed by atoms with Crippen LogP contribution in [0.5, 0.6) is 0 Å². The zero-order valence-corrected chi connectivity index (χ0v) is 11.8. The third-order valence-electron chi connectivity index (χ3n) is 3.75. The van der Waals surface area contributed by atoms with E-state index in [0.717, 1.165) is 0 Å². The maximum absolute atomic E-state index is 13.2. The number of nitrogens with zero attached hydrogens (tertiary/aromatic N) is 3. The van der Waals surface area contributed by atoms with Crippen molar-refractivity contribution in [1.29, 1.82) is 0 Å². The second-order valence-corrected chi connectivity index (χ2v) is 5.40. The topological polar surface area (TPSA) is 69.8 Å². The van der Waals surface area contributed by atoms with E-state index in [1.807, 2.05) is 18.7 Å². The third kappa shape index (κ3) is 2.39. The standard InChI is InChI=1S/C14H16FN3O3/c1-8-6-17(7-9(2)18(8)14(19)20)13-16-11-5-10(15)3-4-12(11)21-13/h3-5,8-9H,6-7H2,1-2H3,(H,19,20)/t8-,9-/m1/s1. The predicted molar refractivity (Wildman–Crippen MR) is 75.0 cm³/mol. The van der Waals surface area contributed by atoms with Crippen molar-refractivity contribution in [3.63, 3.8) is 0 Å². The van der Waals surface area contributed by atoms with Crippen LogP contribution in [0.3, 0.4) is 0 Å². The highest BCUT2D eigenvalue weighted by Gasteiger charge is 2.34. The van der Waals surface area contributed by atoms with Crippen LogP contribution in [-0.2, 0) is 0 Å². The fourth-order valence-electron chi connectivity index (χ4n) is 2.88. The van der Waals surface area contributed by atoms with E-state index in [-0.39, 0.29) is 17.9 Å². The number of rotatable bonds is 1. The van der Waals surface area contributed by atoms with Gasteiger partial charge in [0.25, 0.3) is 6.01 Å². The number of piperazine rings is 1. The molecular weight excluding hydrogens is 277 g/mol. The van der Waals surface area contributed by atoms with Gasteiger partial charge in [0.15, 0.2) is 5.58 Å². The number of fused-ring (bicyclic) bond motifs is 1. The third-order valence-corrected chi connectivity index (χ3v) is 3.75. The Bertz CT molecular complexity index is 675. The van der Waals surface area contributed by atoms with Crippen molar-refractivity contribution in [1.82, 2.24) is 9.88 Å². The van der Waals surface area contributed by atoms with Gasteiger partial charge < -0.3 is 14.4 Å². The molecule has 1 aliphatic heterocycles. The number of aromatic nitrogens is 1. The van der Waals surface area contributed by atoms with E-state index < -0.39 is 6.09 Å². The largest absolute Gasteiger partial charge is 0.465 e. The lowest BCUT2D eigenvalue weighted by molar-refractivity contribution is 0.0971. The number of amides is 1. The van der Waals surface area contributed by atoms with Gasteiger partial charge in [0.2, 0.25) is 0 Å². The summed E-state index contributed by atoms with van der Waals surface area (Å²) in [4.78, 5) is 18.8. The first-order valence-corrected chi connectivity index (χ1v) is 6.78. The number of hydrogen-bond acceptors (Lipinski definition) is 4. The summed E-state index contributed by atoms with van der Waals surface area (Å²) in [5.41, 5.74) is 0.985. The van der Waals surface area contributed by atoms with Gasteiger partial charge in [-0.3, -0.25) is 4.90 Å². The van der Waals surface area contributed by atoms with E-state index in [1.54, 1.807) is 6.07 Å². The van der Waals surface area contributed by atoms with E-state index in [9.17, 15) is 14.3 Å². The molecule has 7 heteroatoms. The number of oxazole rings is 1. The molecule has 0 radical (unpaired) electrons. The number of anilines is 1. The lowest BCUT2D eigenvalue weighted by Crippen LogP contribution is -2.58. The molecule has 1 aliphatic rings. The molecule has 1 amide bonds. The summed E-state index contributed by atoms with van der Waals surface area (Å²) < 4.78 is 18.8. The first-order valence-electron chi connectivity index (χ1n) is 6.78. The van der Waals surface area contributed by atoms with Crippen LogP contribution in [0.15, 0.2) is 22.6 Å². The minimum atomic E-state index is -0.922. The van der Waals surface area contributed by atoms with E-state index in [2.05, 4.69) is 4.98 Å². The molecule has 112 valence electrons. The SMILES string of the molecule is C[C@@H]1CN(c2nc3cc(F)ccc3o2)C[C@@H](C)N1C(=O)O. The lowest BCUT2D eigenvalue weighted by Gasteiger charge is -2.42. The monoisotopic (exact) mass is 293 g/mol. The van der Waals surface area contributed by atoms with Crippen LogP contribution < -0.4 is 4.90 Å². The minimum Gasteiger partial charge on any atom is -0.465 e. The van der Waals surface area contributed by atoms with Gasteiger partial charge in [-0.1, -0.05) is 0 Å². The van der Waals surface area contributed by atoms with E-state index in [1.165, 1.54) is 17.0 Å². The zero-order chi connectivity index (χ0) is 15.1. The molecule has 21 heavy (non-hydrogen) atoms. The molecule has 1 aromatic heterocycles. The van der Waals surface area contributed by atoms with E-state index in [0.29, 0.717) is 30.2 Å². The molecule has 0 spiro atoms. The van der Waals surface area contributed by atoms with Gasteiger partial charge in [-0.2, -0.15) is 4.98 Å². The van der Waals surface area contributed by atoms with Gasteiger partial charge in [-0.05, 0) is 26.0 Å². The van der Waals surface area contributed by atoms with Gasteiger partial charge in [0.1, 0.15) is 11.3 Å². The Kier molecular flexibility index (Phi) is 3.19. The lowest BCUT2D eigenvalue weighted by atomic mass is 10.1. The normalized spacial score (nSPS) is 22.8. The molecule has 3 rings (SSSR count). The van der Waals surface area contributed by atoms with Gasteiger partial charge in [0, 0.05) is 19.2 Å². The Balaban J connectivity index is 1.88. The second-order valence-electron chi connectivity index (χ2n) is 5.40. The number of benzene rings is 1. The van der Waals surface area contributed by atoms with E-state index >= 15 is 0 Å². The highest BCUT2D eigenvalue weighted by Crippen LogP contribution is 2.26. The number of carbonyl (C=O) groups is 1. The van der Waals surface area contributed by atoms with Gasteiger partial charge in [-0.15, -0.1) is 0 Å². The summed E-state index contributed by atoms with van der Waals surface area (Å²) in [6, 6.07) is 4.25. The van der Waals surface area contributed by atoms with Crippen molar-refractivity contribution >= 4 is 23.2 Å². The fourth-order valence-corrected chi connectivity index (χ4v) is 2.88. The van der Waals surface area contributed by atoms with Gasteiger partial charge >= 0.3 is 6.09 Å².